The minimum absolute atomic E-state index is 0.0729. The molecule has 30 heavy (non-hydrogen) atoms. The fourth-order valence-corrected chi connectivity index (χ4v) is 5.16. The lowest BCUT2D eigenvalue weighted by Gasteiger charge is -2.48. The van der Waals surface area contributed by atoms with Crippen LogP contribution in [0.3, 0.4) is 0 Å². The normalized spacial score (nSPS) is 30.7. The first-order valence-electron chi connectivity index (χ1n) is 9.52. The summed E-state index contributed by atoms with van der Waals surface area (Å²) in [6.07, 6.45) is 0.370. The number of phenolic OH excluding ortho intramolecular Hbond substituents is 1. The van der Waals surface area contributed by atoms with E-state index in [9.17, 15) is 34.8 Å². The average molecular weight is 414 g/mol. The summed E-state index contributed by atoms with van der Waals surface area (Å²) >= 11 is 0. The Morgan fingerprint density at radius 2 is 1.90 bits per heavy atom. The molecule has 0 spiro atoms. The summed E-state index contributed by atoms with van der Waals surface area (Å²) in [5, 5.41) is 45.8. The molecule has 0 radical (unpaired) electrons. The number of nitrogens with two attached hydrogens (primary N) is 1. The molecule has 9 heteroatoms. The van der Waals surface area contributed by atoms with Crippen LogP contribution in [-0.2, 0) is 20.8 Å². The highest BCUT2D eigenvalue weighted by Gasteiger charge is 2.63. The van der Waals surface area contributed by atoms with E-state index in [0.29, 0.717) is 12.0 Å². The van der Waals surface area contributed by atoms with Crippen molar-refractivity contribution in [2.45, 2.75) is 31.4 Å². The van der Waals surface area contributed by atoms with Crippen molar-refractivity contribution in [3.8, 4) is 5.75 Å². The Bertz CT molecular complexity index is 1090. The molecule has 1 aromatic carbocycles. The summed E-state index contributed by atoms with van der Waals surface area (Å²) in [5.74, 6) is -6.51. The first-order valence-corrected chi connectivity index (χ1v) is 9.52. The maximum absolute atomic E-state index is 13.4. The third kappa shape index (κ3) is 2.33. The van der Waals surface area contributed by atoms with Gasteiger partial charge in [0.25, 0.3) is 5.91 Å². The maximum atomic E-state index is 13.4. The predicted octanol–water partition coefficient (Wildman–Crippen LogP) is -0.0698. The van der Waals surface area contributed by atoms with Crippen LogP contribution in [0.5, 0.6) is 5.75 Å². The number of Topliss-reactive ketones (excluding diaryl/α,β-unsaturated/α-hetero) is 2. The van der Waals surface area contributed by atoms with Crippen molar-refractivity contribution in [1.82, 2.24) is 5.32 Å². The second kappa shape index (κ2) is 6.41. The number of ketones is 2. The number of aromatic hydroxyl groups is 1. The molecule has 0 heterocycles. The molecular formula is C21H22N2O7. The van der Waals surface area contributed by atoms with Crippen LogP contribution < -0.4 is 11.1 Å². The van der Waals surface area contributed by atoms with Crippen LogP contribution in [0.15, 0.2) is 29.0 Å². The van der Waals surface area contributed by atoms with Gasteiger partial charge in [0.2, 0.25) is 5.78 Å². The number of rotatable bonds is 2. The zero-order valence-corrected chi connectivity index (χ0v) is 16.4. The molecule has 4 rings (SSSR count). The molecule has 0 aliphatic heterocycles. The second-order valence-electron chi connectivity index (χ2n) is 8.07. The topological polar surface area (TPSA) is 170 Å². The van der Waals surface area contributed by atoms with Gasteiger partial charge in [-0.3, -0.25) is 14.4 Å². The number of hydrogen-bond donors (Lipinski definition) is 6. The van der Waals surface area contributed by atoms with Crippen molar-refractivity contribution in [1.29, 1.82) is 0 Å². The molecule has 158 valence electrons. The number of carbonyl (C=O) groups excluding carboxylic acids is 3. The van der Waals surface area contributed by atoms with Gasteiger partial charge in [0.1, 0.15) is 22.8 Å². The SMILES string of the molecule is CN[C@@H]1C(=O)C(C(N)=O)=C(O)[C@@]2(O)C(=O)C3=C(O)c4c(O)ccc(C)c4C[C@H]3C[C@@H]12. The summed E-state index contributed by atoms with van der Waals surface area (Å²) in [4.78, 5) is 38.0. The van der Waals surface area contributed by atoms with E-state index >= 15 is 0 Å². The van der Waals surface area contributed by atoms with E-state index in [1.54, 1.807) is 6.07 Å². The largest absolute Gasteiger partial charge is 0.508 e. The Balaban J connectivity index is 1.98. The van der Waals surface area contributed by atoms with Crippen molar-refractivity contribution < 1.29 is 34.8 Å². The minimum Gasteiger partial charge on any atom is -0.508 e. The quantitative estimate of drug-likeness (QED) is 0.365. The van der Waals surface area contributed by atoms with E-state index in [-0.39, 0.29) is 23.3 Å². The van der Waals surface area contributed by atoms with Crippen molar-refractivity contribution in [3.05, 3.63) is 45.7 Å². The fraction of sp³-hybridized carbons (Fsp3) is 0.381. The number of nitrogens with one attached hydrogen (secondary N) is 1. The van der Waals surface area contributed by atoms with E-state index in [1.165, 1.54) is 13.1 Å². The smallest absolute Gasteiger partial charge is 0.255 e. The van der Waals surface area contributed by atoms with Crippen LogP contribution in [0.25, 0.3) is 5.76 Å². The van der Waals surface area contributed by atoms with Crippen molar-refractivity contribution in [2.75, 3.05) is 7.05 Å². The molecule has 3 aliphatic carbocycles. The van der Waals surface area contributed by atoms with Gasteiger partial charge in [0.05, 0.1) is 11.6 Å². The Hall–Kier alpha value is -3.17. The minimum atomic E-state index is -2.61. The maximum Gasteiger partial charge on any atom is 0.255 e. The molecule has 1 aromatic rings. The summed E-state index contributed by atoms with van der Waals surface area (Å²) in [6, 6.07) is 1.96. The molecule has 7 N–H and O–H groups in total. The fourth-order valence-electron chi connectivity index (χ4n) is 5.16. The number of carbonyl (C=O) groups is 3. The molecule has 1 saturated carbocycles. The highest BCUT2D eigenvalue weighted by atomic mass is 16.3. The van der Waals surface area contributed by atoms with Crippen LogP contribution >= 0.6 is 0 Å². The molecule has 0 aromatic heterocycles. The van der Waals surface area contributed by atoms with Gasteiger partial charge >= 0.3 is 0 Å². The summed E-state index contributed by atoms with van der Waals surface area (Å²) in [7, 11) is 1.44. The van der Waals surface area contributed by atoms with Crippen LogP contribution in [0, 0.1) is 18.8 Å². The lowest BCUT2D eigenvalue weighted by molar-refractivity contribution is -0.150. The molecular weight excluding hydrogens is 392 g/mol. The number of aliphatic hydroxyl groups is 3. The van der Waals surface area contributed by atoms with E-state index in [2.05, 4.69) is 5.32 Å². The predicted molar refractivity (Wildman–Crippen MR) is 104 cm³/mol. The zero-order valence-electron chi connectivity index (χ0n) is 16.4. The Morgan fingerprint density at radius 3 is 2.50 bits per heavy atom. The van der Waals surface area contributed by atoms with Crippen molar-refractivity contribution >= 4 is 23.2 Å². The first-order chi connectivity index (χ1) is 14.0. The number of phenols is 1. The molecule has 9 nitrogen and oxygen atoms in total. The number of aryl methyl sites for hydroxylation is 1. The van der Waals surface area contributed by atoms with Gasteiger partial charge in [0, 0.05) is 11.5 Å². The molecule has 1 amide bonds. The highest BCUT2D eigenvalue weighted by Crippen LogP contribution is 2.52. The Kier molecular flexibility index (Phi) is 4.30. The number of fused-ring (bicyclic) bond motifs is 3. The number of benzene rings is 1. The monoisotopic (exact) mass is 414 g/mol. The molecule has 4 atom stereocenters. The number of aliphatic hydroxyl groups excluding tert-OH is 2. The molecule has 0 saturated heterocycles. The van der Waals surface area contributed by atoms with Gasteiger partial charge < -0.3 is 31.5 Å². The number of amides is 1. The number of hydrogen-bond acceptors (Lipinski definition) is 8. The van der Waals surface area contributed by atoms with E-state index in [0.717, 1.165) is 5.56 Å². The van der Waals surface area contributed by atoms with E-state index in [1.807, 2.05) is 6.92 Å². The van der Waals surface area contributed by atoms with Crippen LogP contribution in [0.2, 0.25) is 0 Å². The lowest BCUT2D eigenvalue weighted by atomic mass is 9.57. The summed E-state index contributed by atoms with van der Waals surface area (Å²) in [5.41, 5.74) is 3.21. The molecule has 3 aliphatic rings. The van der Waals surface area contributed by atoms with Crippen LogP contribution in [-0.4, -0.2) is 56.6 Å². The van der Waals surface area contributed by atoms with Crippen LogP contribution in [0.4, 0.5) is 0 Å². The highest BCUT2D eigenvalue weighted by molar-refractivity contribution is 6.24. The molecule has 1 fully saturated rings. The zero-order chi connectivity index (χ0) is 22.1. The Morgan fingerprint density at radius 1 is 1.23 bits per heavy atom. The summed E-state index contributed by atoms with van der Waals surface area (Å²) < 4.78 is 0. The third-order valence-corrected chi connectivity index (χ3v) is 6.63. The third-order valence-electron chi connectivity index (χ3n) is 6.63. The Labute approximate surface area is 171 Å². The summed E-state index contributed by atoms with van der Waals surface area (Å²) in [6.45, 7) is 1.81. The second-order valence-corrected chi connectivity index (χ2v) is 8.07. The van der Waals surface area contributed by atoms with Crippen molar-refractivity contribution in [2.24, 2.45) is 17.6 Å². The van der Waals surface area contributed by atoms with Gasteiger partial charge in [-0.1, -0.05) is 6.07 Å². The average Bonchev–Trinajstić information content (AvgIpc) is 2.67. The van der Waals surface area contributed by atoms with Gasteiger partial charge in [0.15, 0.2) is 11.4 Å². The number of likely N-dealkylation sites (N-methyl/N-ethyl adjacent to an activating group) is 1. The van der Waals surface area contributed by atoms with Gasteiger partial charge in [-0.2, -0.15) is 0 Å². The van der Waals surface area contributed by atoms with Gasteiger partial charge in [-0.05, 0) is 49.9 Å². The van der Waals surface area contributed by atoms with E-state index in [4.69, 9.17) is 5.73 Å². The standard InChI is InChI=1S/C21H22N2O7/c1-7-3-4-11(24)13-9(7)5-8-6-10-15(23-2)17(26)14(20(22)29)19(28)21(10,30)18(27)12(8)16(13)25/h3-4,8,10,15,23-25,28,30H,5-6H2,1-2H3,(H2,22,29)/t8-,10-,15-,21-/m0/s1. The van der Waals surface area contributed by atoms with E-state index < -0.39 is 58.0 Å². The number of primary amides is 1. The first kappa shape index (κ1) is 20.1. The van der Waals surface area contributed by atoms with Crippen molar-refractivity contribution in [3.63, 3.8) is 0 Å². The molecule has 0 bridgehead atoms. The molecule has 0 unspecified atom stereocenters. The lowest BCUT2D eigenvalue weighted by Crippen LogP contribution is -2.65. The van der Waals surface area contributed by atoms with Gasteiger partial charge in [-0.25, -0.2) is 0 Å². The van der Waals surface area contributed by atoms with Gasteiger partial charge in [-0.15, -0.1) is 0 Å². The van der Waals surface area contributed by atoms with Crippen LogP contribution in [0.1, 0.15) is 23.1 Å².